The van der Waals surface area contributed by atoms with Crippen LogP contribution >= 0.6 is 27.3 Å². The van der Waals surface area contributed by atoms with Gasteiger partial charge in [-0.3, -0.25) is 4.98 Å². The first-order valence-corrected chi connectivity index (χ1v) is 6.14. The molecule has 1 atom stereocenters. The van der Waals surface area contributed by atoms with Crippen molar-refractivity contribution >= 4 is 37.4 Å². The molecule has 4 heteroatoms. The molecular weight excluding hydrogens is 260 g/mol. The van der Waals surface area contributed by atoms with Crippen LogP contribution in [0.3, 0.4) is 0 Å². The predicted molar refractivity (Wildman–Crippen MR) is 61.8 cm³/mol. The standard InChI is InChI=1S/C10H7BrN2S/c11-5-7(6-12)10-8-2-4-14-9(8)1-3-13-10/h1-4,7H,5H2. The zero-order valence-corrected chi connectivity index (χ0v) is 9.68. The van der Waals surface area contributed by atoms with Crippen molar-refractivity contribution in [2.75, 3.05) is 5.33 Å². The Morgan fingerprint density at radius 1 is 1.57 bits per heavy atom. The van der Waals surface area contributed by atoms with Crippen molar-refractivity contribution < 1.29 is 0 Å². The number of pyridine rings is 1. The van der Waals surface area contributed by atoms with Gasteiger partial charge < -0.3 is 0 Å². The number of halogens is 1. The number of hydrogen-bond acceptors (Lipinski definition) is 3. The molecule has 0 bridgehead atoms. The van der Waals surface area contributed by atoms with E-state index in [1.54, 1.807) is 17.5 Å². The SMILES string of the molecule is N#CC(CBr)c1nccc2sccc12. The summed E-state index contributed by atoms with van der Waals surface area (Å²) in [5.74, 6) is -0.159. The second kappa shape index (κ2) is 4.07. The van der Waals surface area contributed by atoms with Crippen LogP contribution in [-0.2, 0) is 0 Å². The second-order valence-corrected chi connectivity index (χ2v) is 4.46. The maximum absolute atomic E-state index is 8.96. The fourth-order valence-corrected chi connectivity index (χ4v) is 2.60. The molecule has 2 aromatic rings. The van der Waals surface area contributed by atoms with Crippen LogP contribution in [0.15, 0.2) is 23.7 Å². The lowest BCUT2D eigenvalue weighted by Crippen LogP contribution is -1.99. The van der Waals surface area contributed by atoms with E-state index in [2.05, 4.69) is 27.0 Å². The molecule has 0 aliphatic heterocycles. The van der Waals surface area contributed by atoms with Gasteiger partial charge in [-0.25, -0.2) is 0 Å². The van der Waals surface area contributed by atoms with Crippen molar-refractivity contribution in [3.8, 4) is 6.07 Å². The number of thiophene rings is 1. The highest BCUT2D eigenvalue weighted by atomic mass is 79.9. The van der Waals surface area contributed by atoms with Crippen LogP contribution < -0.4 is 0 Å². The van der Waals surface area contributed by atoms with Gasteiger partial charge in [-0.15, -0.1) is 11.3 Å². The largest absolute Gasteiger partial charge is 0.259 e. The minimum absolute atomic E-state index is 0.159. The van der Waals surface area contributed by atoms with Gasteiger partial charge in [0, 0.05) is 21.6 Å². The van der Waals surface area contributed by atoms with Gasteiger partial charge in [-0.2, -0.15) is 5.26 Å². The molecule has 0 aromatic carbocycles. The van der Waals surface area contributed by atoms with E-state index in [-0.39, 0.29) is 5.92 Å². The van der Waals surface area contributed by atoms with Gasteiger partial charge >= 0.3 is 0 Å². The first kappa shape index (κ1) is 9.63. The molecule has 0 aliphatic rings. The fraction of sp³-hybridized carbons (Fsp3) is 0.200. The molecule has 70 valence electrons. The van der Waals surface area contributed by atoms with Gasteiger partial charge in [0.05, 0.1) is 17.7 Å². The monoisotopic (exact) mass is 266 g/mol. The van der Waals surface area contributed by atoms with Gasteiger partial charge in [-0.05, 0) is 17.5 Å². The number of alkyl halides is 1. The molecule has 2 nitrogen and oxygen atoms in total. The van der Waals surface area contributed by atoms with Crippen LogP contribution in [0.5, 0.6) is 0 Å². The maximum Gasteiger partial charge on any atom is 0.0987 e. The molecule has 0 spiro atoms. The van der Waals surface area contributed by atoms with Gasteiger partial charge in [0.2, 0.25) is 0 Å². The van der Waals surface area contributed by atoms with Crippen molar-refractivity contribution in [3.63, 3.8) is 0 Å². The number of nitriles is 1. The topological polar surface area (TPSA) is 36.7 Å². The van der Waals surface area contributed by atoms with Crippen LogP contribution in [0.1, 0.15) is 11.6 Å². The van der Waals surface area contributed by atoms with Crippen molar-refractivity contribution in [1.82, 2.24) is 4.98 Å². The van der Waals surface area contributed by atoms with E-state index in [1.165, 1.54) is 4.70 Å². The second-order valence-electron chi connectivity index (χ2n) is 2.86. The first-order chi connectivity index (χ1) is 6.86. The highest BCUT2D eigenvalue weighted by molar-refractivity contribution is 9.09. The van der Waals surface area contributed by atoms with Gasteiger partial charge in [0.15, 0.2) is 0 Å². The molecule has 0 aliphatic carbocycles. The Kier molecular flexibility index (Phi) is 2.80. The number of hydrogen-bond donors (Lipinski definition) is 0. The van der Waals surface area contributed by atoms with Crippen LogP contribution in [0.2, 0.25) is 0 Å². The Morgan fingerprint density at radius 2 is 2.43 bits per heavy atom. The summed E-state index contributed by atoms with van der Waals surface area (Å²) in [6.07, 6.45) is 1.77. The molecule has 1 unspecified atom stereocenters. The summed E-state index contributed by atoms with van der Waals surface area (Å²) in [5, 5.41) is 12.7. The molecule has 14 heavy (non-hydrogen) atoms. The smallest absolute Gasteiger partial charge is 0.0987 e. The van der Waals surface area contributed by atoms with Gasteiger partial charge in [0.1, 0.15) is 0 Å². The third-order valence-electron chi connectivity index (χ3n) is 2.05. The molecule has 0 fully saturated rings. The average molecular weight is 267 g/mol. The van der Waals surface area contributed by atoms with Crippen LogP contribution in [0.4, 0.5) is 0 Å². The summed E-state index contributed by atoms with van der Waals surface area (Å²) in [4.78, 5) is 4.28. The Bertz CT molecular complexity index is 486. The molecule has 0 saturated carbocycles. The molecule has 0 saturated heterocycles. The normalized spacial score (nSPS) is 12.6. The number of nitrogens with zero attached hydrogens (tertiary/aromatic N) is 2. The summed E-state index contributed by atoms with van der Waals surface area (Å²) < 4.78 is 1.19. The summed E-state index contributed by atoms with van der Waals surface area (Å²) in [6.45, 7) is 0. The lowest BCUT2D eigenvalue weighted by atomic mass is 10.1. The van der Waals surface area contributed by atoms with Crippen molar-refractivity contribution in [1.29, 1.82) is 5.26 Å². The van der Waals surface area contributed by atoms with E-state index in [9.17, 15) is 0 Å². The van der Waals surface area contributed by atoms with E-state index < -0.39 is 0 Å². The highest BCUT2D eigenvalue weighted by Crippen LogP contribution is 2.27. The average Bonchev–Trinajstić information content (AvgIpc) is 2.68. The van der Waals surface area contributed by atoms with Gasteiger partial charge in [0.25, 0.3) is 0 Å². The van der Waals surface area contributed by atoms with Crippen LogP contribution in [-0.4, -0.2) is 10.3 Å². The molecule has 0 radical (unpaired) electrons. The molecule has 2 heterocycles. The Balaban J connectivity index is 2.62. The highest BCUT2D eigenvalue weighted by Gasteiger charge is 2.13. The van der Waals surface area contributed by atoms with Crippen molar-refractivity contribution in [2.45, 2.75) is 5.92 Å². The number of fused-ring (bicyclic) bond motifs is 1. The van der Waals surface area contributed by atoms with E-state index in [4.69, 9.17) is 5.26 Å². The number of rotatable bonds is 2. The summed E-state index contributed by atoms with van der Waals surface area (Å²) >= 11 is 5.00. The third kappa shape index (κ3) is 1.54. The summed E-state index contributed by atoms with van der Waals surface area (Å²) in [6, 6.07) is 6.25. The maximum atomic E-state index is 8.96. The zero-order valence-electron chi connectivity index (χ0n) is 7.27. The Labute approximate surface area is 94.3 Å². The van der Waals surface area contributed by atoms with E-state index >= 15 is 0 Å². The zero-order chi connectivity index (χ0) is 9.97. The lowest BCUT2D eigenvalue weighted by molar-refractivity contribution is 0.956. The molecule has 0 N–H and O–H groups in total. The lowest BCUT2D eigenvalue weighted by Gasteiger charge is -2.05. The predicted octanol–water partition coefficient (Wildman–Crippen LogP) is 3.30. The molecule has 2 rings (SSSR count). The van der Waals surface area contributed by atoms with E-state index in [0.717, 1.165) is 11.1 Å². The van der Waals surface area contributed by atoms with Crippen LogP contribution in [0, 0.1) is 11.3 Å². The quantitative estimate of drug-likeness (QED) is 0.783. The van der Waals surface area contributed by atoms with E-state index in [0.29, 0.717) is 5.33 Å². The minimum atomic E-state index is -0.159. The molecular formula is C10H7BrN2S. The first-order valence-electron chi connectivity index (χ1n) is 4.14. The molecule has 0 amide bonds. The third-order valence-corrected chi connectivity index (χ3v) is 3.58. The molecule has 2 aromatic heterocycles. The number of aromatic nitrogens is 1. The fourth-order valence-electron chi connectivity index (χ4n) is 1.36. The summed E-state index contributed by atoms with van der Waals surface area (Å²) in [5.41, 5.74) is 0.878. The van der Waals surface area contributed by atoms with E-state index in [1.807, 2.05) is 17.5 Å². The Morgan fingerprint density at radius 3 is 3.14 bits per heavy atom. The van der Waals surface area contributed by atoms with Crippen molar-refractivity contribution in [2.24, 2.45) is 0 Å². The summed E-state index contributed by atoms with van der Waals surface area (Å²) in [7, 11) is 0. The Hall–Kier alpha value is -0.920. The van der Waals surface area contributed by atoms with Crippen LogP contribution in [0.25, 0.3) is 10.1 Å². The van der Waals surface area contributed by atoms with Gasteiger partial charge in [-0.1, -0.05) is 15.9 Å². The van der Waals surface area contributed by atoms with Crippen molar-refractivity contribution in [3.05, 3.63) is 29.4 Å². The minimum Gasteiger partial charge on any atom is -0.259 e.